The van der Waals surface area contributed by atoms with E-state index in [1.807, 2.05) is 24.3 Å². The van der Waals surface area contributed by atoms with Crippen molar-refractivity contribution in [2.75, 3.05) is 0 Å². The molecular weight excluding hydrogens is 306 g/mol. The van der Waals surface area contributed by atoms with Crippen molar-refractivity contribution >= 4 is 17.7 Å². The molecule has 23 heavy (non-hydrogen) atoms. The molecule has 2 N–H and O–H groups in total. The van der Waals surface area contributed by atoms with Crippen molar-refractivity contribution in [3.05, 3.63) is 70.3 Å². The fourth-order valence-electron chi connectivity index (χ4n) is 2.88. The first-order valence-electron chi connectivity index (χ1n) is 8.01. The van der Waals surface area contributed by atoms with Gasteiger partial charge in [-0.1, -0.05) is 55.8 Å². The molecule has 2 nitrogen and oxygen atoms in total. The van der Waals surface area contributed by atoms with Crippen LogP contribution in [0.1, 0.15) is 25.0 Å². The van der Waals surface area contributed by atoms with Gasteiger partial charge in [0.05, 0.1) is 0 Å². The first-order valence-corrected chi connectivity index (χ1v) is 8.38. The first-order chi connectivity index (χ1) is 11.0. The van der Waals surface area contributed by atoms with E-state index in [2.05, 4.69) is 44.2 Å². The predicted molar refractivity (Wildman–Crippen MR) is 96.8 cm³/mol. The second kappa shape index (κ2) is 6.77. The van der Waals surface area contributed by atoms with Crippen molar-refractivity contribution < 1.29 is 4.74 Å². The van der Waals surface area contributed by atoms with Gasteiger partial charge in [-0.05, 0) is 47.8 Å². The molecule has 1 aliphatic heterocycles. The smallest absolute Gasteiger partial charge is 0.136 e. The lowest BCUT2D eigenvalue weighted by molar-refractivity contribution is 0.176. The molecule has 0 aromatic heterocycles. The number of ether oxygens (including phenoxy) is 1. The van der Waals surface area contributed by atoms with Gasteiger partial charge in [-0.3, -0.25) is 0 Å². The van der Waals surface area contributed by atoms with Crippen molar-refractivity contribution in [1.82, 2.24) is 0 Å². The Balaban J connectivity index is 1.97. The van der Waals surface area contributed by atoms with Gasteiger partial charge < -0.3 is 10.5 Å². The molecule has 0 aliphatic carbocycles. The molecule has 3 heteroatoms. The minimum Gasteiger partial charge on any atom is -0.484 e. The van der Waals surface area contributed by atoms with Crippen LogP contribution < -0.4 is 10.5 Å². The zero-order valence-corrected chi connectivity index (χ0v) is 14.3. The average molecular weight is 328 g/mol. The molecule has 0 amide bonds. The fraction of sp³-hybridized carbons (Fsp3) is 0.300. The van der Waals surface area contributed by atoms with E-state index in [-0.39, 0.29) is 12.1 Å². The van der Waals surface area contributed by atoms with Crippen LogP contribution in [-0.4, -0.2) is 12.1 Å². The van der Waals surface area contributed by atoms with E-state index in [4.69, 9.17) is 22.1 Å². The van der Waals surface area contributed by atoms with Crippen molar-refractivity contribution in [2.24, 2.45) is 11.7 Å². The molecule has 1 aliphatic rings. The van der Waals surface area contributed by atoms with Gasteiger partial charge in [-0.25, -0.2) is 0 Å². The third-order valence-corrected chi connectivity index (χ3v) is 4.54. The number of hydrogen-bond donors (Lipinski definition) is 1. The standard InChI is InChI=1S/C20H22ClNO/c1-13(2)19(22)20-16(10-14-6-4-3-5-7-14)11-15-8-9-17(21)12-18(15)23-20/h3-9,11-13,19-20H,10,22H2,1-2H3. The summed E-state index contributed by atoms with van der Waals surface area (Å²) in [5.41, 5.74) is 9.97. The van der Waals surface area contributed by atoms with Crippen LogP contribution in [0.2, 0.25) is 5.02 Å². The molecule has 2 aromatic rings. The maximum absolute atomic E-state index is 6.43. The number of hydrogen-bond acceptors (Lipinski definition) is 2. The molecule has 2 unspecified atom stereocenters. The Kier molecular flexibility index (Phi) is 4.74. The van der Waals surface area contributed by atoms with E-state index in [1.54, 1.807) is 0 Å². The molecule has 2 aromatic carbocycles. The lowest BCUT2D eigenvalue weighted by Gasteiger charge is -2.33. The maximum Gasteiger partial charge on any atom is 0.136 e. The molecule has 0 spiro atoms. The van der Waals surface area contributed by atoms with E-state index >= 15 is 0 Å². The Bertz CT molecular complexity index is 709. The van der Waals surface area contributed by atoms with Crippen LogP contribution in [0.25, 0.3) is 6.08 Å². The summed E-state index contributed by atoms with van der Waals surface area (Å²) >= 11 is 6.10. The minimum atomic E-state index is -0.124. The van der Waals surface area contributed by atoms with Crippen LogP contribution in [0, 0.1) is 5.92 Å². The normalized spacial score (nSPS) is 18.1. The maximum atomic E-state index is 6.43. The highest BCUT2D eigenvalue weighted by atomic mass is 35.5. The molecule has 0 bridgehead atoms. The van der Waals surface area contributed by atoms with E-state index in [1.165, 1.54) is 11.1 Å². The first kappa shape index (κ1) is 16.1. The zero-order valence-electron chi connectivity index (χ0n) is 13.5. The van der Waals surface area contributed by atoms with Crippen molar-refractivity contribution in [3.63, 3.8) is 0 Å². The third-order valence-electron chi connectivity index (χ3n) is 4.31. The van der Waals surface area contributed by atoms with Crippen LogP contribution in [0.3, 0.4) is 0 Å². The van der Waals surface area contributed by atoms with Crippen molar-refractivity contribution in [2.45, 2.75) is 32.4 Å². The van der Waals surface area contributed by atoms with E-state index in [0.29, 0.717) is 10.9 Å². The van der Waals surface area contributed by atoms with Crippen LogP contribution >= 0.6 is 11.6 Å². The summed E-state index contributed by atoms with van der Waals surface area (Å²) in [4.78, 5) is 0. The van der Waals surface area contributed by atoms with E-state index in [0.717, 1.165) is 17.7 Å². The van der Waals surface area contributed by atoms with Crippen molar-refractivity contribution in [3.8, 4) is 5.75 Å². The monoisotopic (exact) mass is 327 g/mol. The zero-order chi connectivity index (χ0) is 16.4. The summed E-state index contributed by atoms with van der Waals surface area (Å²) in [6.45, 7) is 4.25. The number of fused-ring (bicyclic) bond motifs is 1. The molecular formula is C20H22ClNO. The van der Waals surface area contributed by atoms with E-state index < -0.39 is 0 Å². The number of halogens is 1. The molecule has 0 saturated carbocycles. The Labute approximate surface area is 142 Å². The Morgan fingerprint density at radius 3 is 2.57 bits per heavy atom. The van der Waals surface area contributed by atoms with Gasteiger partial charge in [0.25, 0.3) is 0 Å². The molecule has 1 heterocycles. The van der Waals surface area contributed by atoms with Gasteiger partial charge in [0.1, 0.15) is 11.9 Å². The average Bonchev–Trinajstić information content (AvgIpc) is 2.54. The molecule has 3 rings (SSSR count). The van der Waals surface area contributed by atoms with E-state index in [9.17, 15) is 0 Å². The number of benzene rings is 2. The Hall–Kier alpha value is -1.77. The highest BCUT2D eigenvalue weighted by Crippen LogP contribution is 2.35. The van der Waals surface area contributed by atoms with Crippen LogP contribution in [0.5, 0.6) is 5.75 Å². The lowest BCUT2D eigenvalue weighted by Crippen LogP contribution is -2.45. The molecule has 0 radical (unpaired) electrons. The van der Waals surface area contributed by atoms with Crippen LogP contribution in [0.4, 0.5) is 0 Å². The molecule has 120 valence electrons. The summed E-state index contributed by atoms with van der Waals surface area (Å²) in [5.74, 6) is 1.15. The van der Waals surface area contributed by atoms with Gasteiger partial charge in [-0.2, -0.15) is 0 Å². The fourth-order valence-corrected chi connectivity index (χ4v) is 3.04. The van der Waals surface area contributed by atoms with Crippen LogP contribution in [-0.2, 0) is 6.42 Å². The summed E-state index contributed by atoms with van der Waals surface area (Å²) in [5, 5.41) is 0.681. The third kappa shape index (κ3) is 3.60. The number of nitrogens with two attached hydrogens (primary N) is 1. The van der Waals surface area contributed by atoms with Gasteiger partial charge in [-0.15, -0.1) is 0 Å². The van der Waals surface area contributed by atoms with Gasteiger partial charge in [0.15, 0.2) is 0 Å². The molecule has 2 atom stereocenters. The molecule has 0 saturated heterocycles. The Morgan fingerprint density at radius 2 is 1.87 bits per heavy atom. The highest BCUT2D eigenvalue weighted by Gasteiger charge is 2.30. The summed E-state index contributed by atoms with van der Waals surface area (Å²) < 4.78 is 6.24. The second-order valence-corrected chi connectivity index (χ2v) is 6.86. The lowest BCUT2D eigenvalue weighted by atomic mass is 9.87. The summed E-state index contributed by atoms with van der Waals surface area (Å²) in [6, 6.07) is 16.1. The highest BCUT2D eigenvalue weighted by molar-refractivity contribution is 6.30. The molecule has 0 fully saturated rings. The van der Waals surface area contributed by atoms with Gasteiger partial charge in [0.2, 0.25) is 0 Å². The van der Waals surface area contributed by atoms with Crippen LogP contribution in [0.15, 0.2) is 54.1 Å². The summed E-state index contributed by atoms with van der Waals surface area (Å²) in [6.07, 6.45) is 2.92. The SMILES string of the molecule is CC(C)C(N)C1Oc2cc(Cl)ccc2C=C1Cc1ccccc1. The quantitative estimate of drug-likeness (QED) is 0.882. The largest absolute Gasteiger partial charge is 0.484 e. The van der Waals surface area contributed by atoms with Gasteiger partial charge >= 0.3 is 0 Å². The van der Waals surface area contributed by atoms with Gasteiger partial charge in [0, 0.05) is 16.6 Å². The minimum absolute atomic E-state index is 0.0582. The Morgan fingerprint density at radius 1 is 1.13 bits per heavy atom. The topological polar surface area (TPSA) is 35.2 Å². The number of rotatable bonds is 4. The second-order valence-electron chi connectivity index (χ2n) is 6.42. The van der Waals surface area contributed by atoms with Crippen molar-refractivity contribution in [1.29, 1.82) is 0 Å². The summed E-state index contributed by atoms with van der Waals surface area (Å²) in [7, 11) is 0. The predicted octanol–water partition coefficient (Wildman–Crippen LogP) is 4.71.